The van der Waals surface area contributed by atoms with Crippen LogP contribution in [0.25, 0.3) is 0 Å². The van der Waals surface area contributed by atoms with Crippen LogP contribution in [0.15, 0.2) is 30.5 Å². The van der Waals surface area contributed by atoms with Crippen LogP contribution in [0.4, 0.5) is 4.39 Å². The predicted molar refractivity (Wildman–Crippen MR) is 129 cm³/mol. The Labute approximate surface area is 206 Å². The highest BCUT2D eigenvalue weighted by molar-refractivity contribution is 7.99. The van der Waals surface area contributed by atoms with Gasteiger partial charge in [0.1, 0.15) is 23.2 Å². The van der Waals surface area contributed by atoms with Gasteiger partial charge in [-0.15, -0.1) is 0 Å². The number of rotatable bonds is 6. The number of amides is 2. The average Bonchev–Trinajstić information content (AvgIpc) is 2.83. The molecule has 182 valence electrons. The smallest absolute Gasteiger partial charge is 0.257 e. The molecule has 0 spiro atoms. The molecule has 0 bridgehead atoms. The van der Waals surface area contributed by atoms with E-state index >= 15 is 0 Å². The zero-order valence-corrected chi connectivity index (χ0v) is 20.1. The first-order chi connectivity index (χ1) is 16.4. The molecular weight excluding hydrogens is 481 g/mol. The third kappa shape index (κ3) is 6.33. The largest absolute Gasteiger partial charge is 0.507 e. The van der Waals surface area contributed by atoms with Crippen LogP contribution in [0.2, 0.25) is 5.02 Å². The molecule has 1 aliphatic heterocycles. The Morgan fingerprint density at radius 2 is 1.62 bits per heavy atom. The summed E-state index contributed by atoms with van der Waals surface area (Å²) in [6.45, 7) is 0. The van der Waals surface area contributed by atoms with Gasteiger partial charge >= 0.3 is 0 Å². The van der Waals surface area contributed by atoms with Crippen LogP contribution in [0.1, 0.15) is 59.2 Å². The van der Waals surface area contributed by atoms with Gasteiger partial charge in [-0.25, -0.2) is 9.37 Å². The van der Waals surface area contributed by atoms with Crippen molar-refractivity contribution in [2.24, 2.45) is 0 Å². The van der Waals surface area contributed by atoms with Gasteiger partial charge in [0.2, 0.25) is 5.88 Å². The number of benzene rings is 1. The van der Waals surface area contributed by atoms with E-state index in [4.69, 9.17) is 16.3 Å². The normalized spacial score (nSPS) is 21.0. The van der Waals surface area contributed by atoms with E-state index in [2.05, 4.69) is 15.6 Å². The van der Waals surface area contributed by atoms with E-state index in [0.717, 1.165) is 30.5 Å². The molecule has 34 heavy (non-hydrogen) atoms. The summed E-state index contributed by atoms with van der Waals surface area (Å²) in [6.07, 6.45) is 5.39. The fraction of sp³-hybridized carbons (Fsp3) is 0.458. The van der Waals surface area contributed by atoms with E-state index in [1.165, 1.54) is 24.3 Å². The summed E-state index contributed by atoms with van der Waals surface area (Å²) >= 11 is 7.79. The first kappa shape index (κ1) is 24.6. The number of carbonyl (C=O) groups is 2. The molecule has 2 aromatic rings. The van der Waals surface area contributed by atoms with Crippen molar-refractivity contribution in [3.05, 3.63) is 52.4 Å². The number of nitrogens with one attached hydrogen (secondary N) is 2. The van der Waals surface area contributed by atoms with Crippen molar-refractivity contribution in [2.75, 3.05) is 11.5 Å². The minimum atomic E-state index is -0.590. The molecule has 2 amide bonds. The number of phenols is 1. The van der Waals surface area contributed by atoms with Gasteiger partial charge in [0.05, 0.1) is 11.8 Å². The molecule has 0 unspecified atom stereocenters. The number of hydrogen-bond acceptors (Lipinski definition) is 6. The van der Waals surface area contributed by atoms with Crippen LogP contribution < -0.4 is 15.4 Å². The fourth-order valence-electron chi connectivity index (χ4n) is 4.23. The molecule has 1 saturated carbocycles. The van der Waals surface area contributed by atoms with Crippen molar-refractivity contribution < 1.29 is 23.8 Å². The summed E-state index contributed by atoms with van der Waals surface area (Å²) in [4.78, 5) is 29.5. The lowest BCUT2D eigenvalue weighted by molar-refractivity contribution is 0.0884. The van der Waals surface area contributed by atoms with Gasteiger partial charge in [0.25, 0.3) is 11.8 Å². The fourth-order valence-corrected chi connectivity index (χ4v) is 5.47. The van der Waals surface area contributed by atoms with E-state index in [1.807, 2.05) is 11.8 Å². The van der Waals surface area contributed by atoms with E-state index < -0.39 is 11.7 Å². The number of ether oxygens (including phenoxy) is 1. The quantitative estimate of drug-likeness (QED) is 0.538. The molecule has 0 radical (unpaired) electrons. The number of pyridine rings is 1. The maximum atomic E-state index is 13.9. The first-order valence-corrected chi connectivity index (χ1v) is 12.9. The summed E-state index contributed by atoms with van der Waals surface area (Å²) in [5.41, 5.74) is 0.232. The molecule has 2 heterocycles. The number of aromatic nitrogens is 1. The lowest BCUT2D eigenvalue weighted by Gasteiger charge is -2.30. The van der Waals surface area contributed by atoms with E-state index in [-0.39, 0.29) is 46.9 Å². The van der Waals surface area contributed by atoms with Crippen molar-refractivity contribution in [2.45, 2.75) is 56.7 Å². The zero-order chi connectivity index (χ0) is 24.1. The van der Waals surface area contributed by atoms with Gasteiger partial charge in [-0.1, -0.05) is 11.6 Å². The Balaban J connectivity index is 1.32. The average molecular weight is 508 g/mol. The number of nitrogens with zero attached hydrogens (tertiary/aromatic N) is 1. The topological polar surface area (TPSA) is 101 Å². The Bertz CT molecular complexity index is 1040. The van der Waals surface area contributed by atoms with Crippen LogP contribution in [0.3, 0.4) is 0 Å². The number of carbonyl (C=O) groups excluding carboxylic acids is 2. The standard InChI is InChI=1S/C24H27ClFN3O4S/c25-14-1-6-21(30)19(11-14)22(31)28-16-2-4-17(5-3-16)29-23(32)20-12-15(26)13-27-24(20)33-18-7-9-34-10-8-18/h1,6,11-13,16-18,30H,2-5,7-10H2,(H,28,31)(H,29,32). The highest BCUT2D eigenvalue weighted by Gasteiger charge is 2.27. The summed E-state index contributed by atoms with van der Waals surface area (Å²) in [5, 5.41) is 16.2. The summed E-state index contributed by atoms with van der Waals surface area (Å²) < 4.78 is 19.8. The summed E-state index contributed by atoms with van der Waals surface area (Å²) in [5.74, 6) is 0.626. The van der Waals surface area contributed by atoms with E-state index in [0.29, 0.717) is 30.7 Å². The summed E-state index contributed by atoms with van der Waals surface area (Å²) in [6, 6.07) is 5.30. The van der Waals surface area contributed by atoms with Gasteiger partial charge in [-0.2, -0.15) is 11.8 Å². The lowest BCUT2D eigenvalue weighted by Crippen LogP contribution is -2.44. The number of phenolic OH excluding ortho intramolecular Hbond substituents is 1. The highest BCUT2D eigenvalue weighted by Crippen LogP contribution is 2.26. The van der Waals surface area contributed by atoms with Gasteiger partial charge in [-0.3, -0.25) is 9.59 Å². The van der Waals surface area contributed by atoms with Crippen molar-refractivity contribution in [1.82, 2.24) is 15.6 Å². The highest BCUT2D eigenvalue weighted by atomic mass is 35.5. The van der Waals surface area contributed by atoms with E-state index in [9.17, 15) is 19.1 Å². The zero-order valence-electron chi connectivity index (χ0n) is 18.6. The van der Waals surface area contributed by atoms with Crippen LogP contribution >= 0.6 is 23.4 Å². The minimum Gasteiger partial charge on any atom is -0.507 e. The molecule has 1 aromatic carbocycles. The Morgan fingerprint density at radius 3 is 2.26 bits per heavy atom. The number of aromatic hydroxyl groups is 1. The number of thioether (sulfide) groups is 1. The van der Waals surface area contributed by atoms with Gasteiger partial charge in [-0.05, 0) is 74.3 Å². The maximum Gasteiger partial charge on any atom is 0.257 e. The van der Waals surface area contributed by atoms with Crippen molar-refractivity contribution in [3.8, 4) is 11.6 Å². The van der Waals surface area contributed by atoms with E-state index in [1.54, 1.807) is 0 Å². The van der Waals surface area contributed by atoms with Crippen LogP contribution in [0, 0.1) is 5.82 Å². The summed E-state index contributed by atoms with van der Waals surface area (Å²) in [7, 11) is 0. The molecule has 0 atom stereocenters. The number of halogens is 2. The maximum absolute atomic E-state index is 13.9. The monoisotopic (exact) mass is 507 g/mol. The predicted octanol–water partition coefficient (Wildman–Crippen LogP) is 4.33. The number of hydrogen-bond donors (Lipinski definition) is 3. The van der Waals surface area contributed by atoms with Crippen molar-refractivity contribution in [1.29, 1.82) is 0 Å². The van der Waals surface area contributed by atoms with Crippen molar-refractivity contribution >= 4 is 35.2 Å². The van der Waals surface area contributed by atoms with Gasteiger partial charge in [0, 0.05) is 17.1 Å². The molecule has 1 saturated heterocycles. The third-order valence-corrected chi connectivity index (χ3v) is 7.39. The molecule has 4 rings (SSSR count). The lowest BCUT2D eigenvalue weighted by atomic mass is 9.90. The van der Waals surface area contributed by atoms with Crippen molar-refractivity contribution in [3.63, 3.8) is 0 Å². The SMILES string of the molecule is O=C(NC1CCC(NC(=O)c2cc(F)cnc2OC2CCSCC2)CC1)c1cc(Cl)ccc1O. The van der Waals surface area contributed by atoms with Crippen LogP contribution in [-0.2, 0) is 0 Å². The van der Waals surface area contributed by atoms with Gasteiger partial charge in [0.15, 0.2) is 0 Å². The Hall–Kier alpha value is -2.52. The molecular formula is C24H27ClFN3O4S. The first-order valence-electron chi connectivity index (χ1n) is 11.4. The molecule has 2 fully saturated rings. The second-order valence-corrected chi connectivity index (χ2v) is 10.3. The third-order valence-electron chi connectivity index (χ3n) is 6.11. The molecule has 10 heteroatoms. The molecule has 3 N–H and O–H groups in total. The Kier molecular flexibility index (Phi) is 8.15. The second-order valence-electron chi connectivity index (χ2n) is 8.59. The second kappa shape index (κ2) is 11.3. The van der Waals surface area contributed by atoms with Crippen LogP contribution in [0.5, 0.6) is 11.6 Å². The molecule has 1 aromatic heterocycles. The Morgan fingerprint density at radius 1 is 1.00 bits per heavy atom. The van der Waals surface area contributed by atoms with Crippen LogP contribution in [-0.4, -0.2) is 51.6 Å². The minimum absolute atomic E-state index is 0.0243. The van der Waals surface area contributed by atoms with Gasteiger partial charge < -0.3 is 20.5 Å². The molecule has 7 nitrogen and oxygen atoms in total. The molecule has 1 aliphatic carbocycles. The molecule has 2 aliphatic rings.